The molecule has 60 valence electrons. The summed E-state index contributed by atoms with van der Waals surface area (Å²) >= 11 is 3.56. The van der Waals surface area contributed by atoms with Crippen molar-refractivity contribution in [2.45, 2.75) is 34.6 Å². The van der Waals surface area contributed by atoms with E-state index in [0.717, 1.165) is 0 Å². The Hall–Kier alpha value is 0.220. The summed E-state index contributed by atoms with van der Waals surface area (Å²) in [6.07, 6.45) is 2.25. The fourth-order valence-corrected chi connectivity index (χ4v) is 1.07. The molecule has 0 spiro atoms. The molecule has 0 aromatic rings. The monoisotopic (exact) mass is 204 g/mol. The molecule has 0 aliphatic heterocycles. The molecule has 0 saturated heterocycles. The summed E-state index contributed by atoms with van der Waals surface area (Å²) < 4.78 is 1.30. The highest BCUT2D eigenvalue weighted by Crippen LogP contribution is 2.30. The first-order chi connectivity index (χ1) is 4.34. The summed E-state index contributed by atoms with van der Waals surface area (Å²) in [5.74, 6) is 0.633. The highest BCUT2D eigenvalue weighted by Gasteiger charge is 2.13. The zero-order valence-corrected chi connectivity index (χ0v) is 9.12. The van der Waals surface area contributed by atoms with Crippen LogP contribution in [0.25, 0.3) is 0 Å². The van der Waals surface area contributed by atoms with Crippen LogP contribution in [0.4, 0.5) is 0 Å². The van der Waals surface area contributed by atoms with Gasteiger partial charge in [-0.15, -0.1) is 0 Å². The van der Waals surface area contributed by atoms with E-state index in [1.165, 1.54) is 4.48 Å². The number of hydrogen-bond acceptors (Lipinski definition) is 0. The summed E-state index contributed by atoms with van der Waals surface area (Å²) in [6.45, 7) is 11.0. The second-order valence-electron chi connectivity index (χ2n) is 4.01. The molecule has 0 N–H and O–H groups in total. The Morgan fingerprint density at radius 3 is 1.80 bits per heavy atom. The van der Waals surface area contributed by atoms with Gasteiger partial charge in [-0.05, 0) is 15.8 Å². The van der Waals surface area contributed by atoms with Crippen molar-refractivity contribution < 1.29 is 0 Å². The summed E-state index contributed by atoms with van der Waals surface area (Å²) in [5, 5.41) is 0. The molecule has 0 aliphatic carbocycles. The third-order valence-corrected chi connectivity index (χ3v) is 2.65. The Bertz CT molecular complexity index is 126. The minimum atomic E-state index is 0.268. The Labute approximate surface area is 72.8 Å². The molecule has 0 nitrogen and oxygen atoms in total. The molecule has 0 bridgehead atoms. The van der Waals surface area contributed by atoms with Gasteiger partial charge >= 0.3 is 0 Å². The van der Waals surface area contributed by atoms with Crippen LogP contribution < -0.4 is 0 Å². The zero-order valence-electron chi connectivity index (χ0n) is 7.53. The quantitative estimate of drug-likeness (QED) is 0.607. The lowest BCUT2D eigenvalue weighted by Gasteiger charge is -2.18. The predicted molar refractivity (Wildman–Crippen MR) is 51.3 cm³/mol. The van der Waals surface area contributed by atoms with Gasteiger partial charge in [0.1, 0.15) is 0 Å². The van der Waals surface area contributed by atoms with E-state index in [0.29, 0.717) is 5.92 Å². The maximum Gasteiger partial charge on any atom is -0.00330 e. The van der Waals surface area contributed by atoms with Crippen molar-refractivity contribution in [3.8, 4) is 0 Å². The summed E-state index contributed by atoms with van der Waals surface area (Å²) in [6, 6.07) is 0. The molecule has 0 aromatic carbocycles. The van der Waals surface area contributed by atoms with Gasteiger partial charge in [-0.2, -0.15) is 0 Å². The SMILES string of the molecule is CC(C)C=C(Br)C(C)(C)C. The lowest BCUT2D eigenvalue weighted by molar-refractivity contribution is 0.530. The molecule has 0 aromatic heterocycles. The van der Waals surface area contributed by atoms with Crippen molar-refractivity contribution in [1.29, 1.82) is 0 Å². The van der Waals surface area contributed by atoms with E-state index in [1.807, 2.05) is 0 Å². The predicted octanol–water partition coefficient (Wildman–Crippen LogP) is 3.97. The molecule has 0 heterocycles. The van der Waals surface area contributed by atoms with E-state index in [1.54, 1.807) is 0 Å². The molecule has 10 heavy (non-hydrogen) atoms. The van der Waals surface area contributed by atoms with Gasteiger partial charge < -0.3 is 0 Å². The molecule has 0 rings (SSSR count). The number of hydrogen-bond donors (Lipinski definition) is 0. The highest BCUT2D eigenvalue weighted by molar-refractivity contribution is 9.11. The minimum Gasteiger partial charge on any atom is -0.0713 e. The molecule has 0 atom stereocenters. The lowest BCUT2D eigenvalue weighted by Crippen LogP contribution is -2.05. The van der Waals surface area contributed by atoms with Gasteiger partial charge in [0.05, 0.1) is 0 Å². The van der Waals surface area contributed by atoms with Gasteiger partial charge in [0, 0.05) is 0 Å². The molecular weight excluding hydrogens is 188 g/mol. The van der Waals surface area contributed by atoms with Gasteiger partial charge in [0.15, 0.2) is 0 Å². The third kappa shape index (κ3) is 4.10. The van der Waals surface area contributed by atoms with E-state index < -0.39 is 0 Å². The van der Waals surface area contributed by atoms with Gasteiger partial charge in [0.2, 0.25) is 0 Å². The number of halogens is 1. The molecule has 0 radical (unpaired) electrons. The molecule has 0 amide bonds. The van der Waals surface area contributed by atoms with Crippen LogP contribution >= 0.6 is 15.9 Å². The normalized spacial score (nSPS) is 14.5. The van der Waals surface area contributed by atoms with Gasteiger partial charge in [-0.3, -0.25) is 0 Å². The number of allylic oxidation sites excluding steroid dienone is 2. The standard InChI is InChI=1S/C9H17Br/c1-7(2)6-8(10)9(3,4)5/h6-7H,1-5H3. The topological polar surface area (TPSA) is 0 Å². The Balaban J connectivity index is 4.20. The lowest BCUT2D eigenvalue weighted by atomic mass is 9.94. The summed E-state index contributed by atoms with van der Waals surface area (Å²) in [5.41, 5.74) is 0.268. The average molecular weight is 205 g/mol. The van der Waals surface area contributed by atoms with Crippen LogP contribution in [0.2, 0.25) is 0 Å². The smallest absolute Gasteiger partial charge is 0.00330 e. The van der Waals surface area contributed by atoms with Crippen molar-refractivity contribution in [2.24, 2.45) is 11.3 Å². The first-order valence-electron chi connectivity index (χ1n) is 3.72. The zero-order chi connectivity index (χ0) is 8.36. The van der Waals surface area contributed by atoms with E-state index in [2.05, 4.69) is 56.6 Å². The van der Waals surface area contributed by atoms with E-state index in [9.17, 15) is 0 Å². The fourth-order valence-electron chi connectivity index (χ4n) is 0.543. The number of rotatable bonds is 1. The van der Waals surface area contributed by atoms with E-state index in [4.69, 9.17) is 0 Å². The Kier molecular flexibility index (Phi) is 3.64. The van der Waals surface area contributed by atoms with Gasteiger partial charge in [-0.1, -0.05) is 56.6 Å². The first kappa shape index (κ1) is 10.2. The Morgan fingerprint density at radius 2 is 1.70 bits per heavy atom. The third-order valence-electron chi connectivity index (χ3n) is 1.20. The van der Waals surface area contributed by atoms with E-state index in [-0.39, 0.29) is 5.41 Å². The minimum absolute atomic E-state index is 0.268. The van der Waals surface area contributed by atoms with Crippen LogP contribution in [0, 0.1) is 11.3 Å². The first-order valence-corrected chi connectivity index (χ1v) is 4.51. The van der Waals surface area contributed by atoms with Crippen LogP contribution in [0.5, 0.6) is 0 Å². The largest absolute Gasteiger partial charge is 0.0713 e. The second kappa shape index (κ2) is 3.56. The fraction of sp³-hybridized carbons (Fsp3) is 0.778. The van der Waals surface area contributed by atoms with Crippen molar-refractivity contribution in [2.75, 3.05) is 0 Å². The second-order valence-corrected chi connectivity index (χ2v) is 4.86. The van der Waals surface area contributed by atoms with Crippen molar-refractivity contribution in [3.63, 3.8) is 0 Å². The van der Waals surface area contributed by atoms with Crippen LogP contribution in [-0.2, 0) is 0 Å². The van der Waals surface area contributed by atoms with Crippen LogP contribution in [-0.4, -0.2) is 0 Å². The average Bonchev–Trinajstić information content (AvgIpc) is 1.60. The molecule has 0 saturated carbocycles. The molecule has 0 aliphatic rings. The van der Waals surface area contributed by atoms with Gasteiger partial charge in [0.25, 0.3) is 0 Å². The maximum absolute atomic E-state index is 3.56. The van der Waals surface area contributed by atoms with Gasteiger partial charge in [-0.25, -0.2) is 0 Å². The molecular formula is C9H17Br. The highest BCUT2D eigenvalue weighted by atomic mass is 79.9. The van der Waals surface area contributed by atoms with Crippen molar-refractivity contribution in [3.05, 3.63) is 10.6 Å². The van der Waals surface area contributed by atoms with Crippen LogP contribution in [0.1, 0.15) is 34.6 Å². The van der Waals surface area contributed by atoms with Crippen LogP contribution in [0.3, 0.4) is 0 Å². The molecule has 0 fully saturated rings. The van der Waals surface area contributed by atoms with Crippen molar-refractivity contribution in [1.82, 2.24) is 0 Å². The summed E-state index contributed by atoms with van der Waals surface area (Å²) in [4.78, 5) is 0. The molecule has 1 heteroatoms. The van der Waals surface area contributed by atoms with E-state index >= 15 is 0 Å². The Morgan fingerprint density at radius 1 is 1.30 bits per heavy atom. The van der Waals surface area contributed by atoms with Crippen LogP contribution in [0.15, 0.2) is 10.6 Å². The molecule has 0 unspecified atom stereocenters. The van der Waals surface area contributed by atoms with Crippen molar-refractivity contribution >= 4 is 15.9 Å². The maximum atomic E-state index is 3.56. The summed E-state index contributed by atoms with van der Waals surface area (Å²) in [7, 11) is 0.